The minimum absolute atomic E-state index is 0.0965. The molecule has 0 amide bonds. The smallest absolute Gasteiger partial charge is 0.306 e. The van der Waals surface area contributed by atoms with Gasteiger partial charge in [0.05, 0.1) is 12.0 Å². The van der Waals surface area contributed by atoms with Crippen molar-refractivity contribution in [1.82, 2.24) is 0 Å². The fraction of sp³-hybridized carbons (Fsp3) is 0.667. The Morgan fingerprint density at radius 2 is 2.07 bits per heavy atom. The highest BCUT2D eigenvalue weighted by molar-refractivity contribution is 5.67. The van der Waals surface area contributed by atoms with E-state index in [2.05, 4.69) is 6.58 Å². The van der Waals surface area contributed by atoms with Crippen LogP contribution in [0.2, 0.25) is 0 Å². The number of aliphatic hydroxyl groups is 2. The van der Waals surface area contributed by atoms with Crippen LogP contribution in [0.3, 0.4) is 0 Å². The fourth-order valence-electron chi connectivity index (χ4n) is 0.655. The van der Waals surface area contributed by atoms with Gasteiger partial charge in [-0.15, -0.1) is 6.58 Å². The molecule has 0 aromatic carbocycles. The Bertz CT molecular complexity index is 168. The molecular formula is C9H19NO4. The monoisotopic (exact) mass is 205 g/mol. The van der Waals surface area contributed by atoms with E-state index in [4.69, 9.17) is 21.1 Å². The molecule has 0 radical (unpaired) electrons. The molecule has 0 bridgehead atoms. The topological polar surface area (TPSA) is 104 Å². The van der Waals surface area contributed by atoms with E-state index in [-0.39, 0.29) is 19.4 Å². The minimum atomic E-state index is -1.28. The van der Waals surface area contributed by atoms with Gasteiger partial charge >= 0.3 is 5.97 Å². The van der Waals surface area contributed by atoms with Crippen molar-refractivity contribution in [2.45, 2.75) is 25.4 Å². The molecule has 14 heavy (non-hydrogen) atoms. The third kappa shape index (κ3) is 13.7. The van der Waals surface area contributed by atoms with Gasteiger partial charge in [-0.05, 0) is 13.3 Å². The van der Waals surface area contributed by atoms with Crippen LogP contribution in [0.1, 0.15) is 19.8 Å². The van der Waals surface area contributed by atoms with E-state index in [1.54, 1.807) is 6.08 Å². The van der Waals surface area contributed by atoms with Gasteiger partial charge < -0.3 is 21.1 Å². The first-order valence-corrected chi connectivity index (χ1v) is 4.25. The molecule has 0 aromatic heterocycles. The molecule has 5 nitrogen and oxygen atoms in total. The molecule has 0 rings (SSSR count). The van der Waals surface area contributed by atoms with Crippen LogP contribution >= 0.6 is 0 Å². The average Bonchev–Trinajstić information content (AvgIpc) is 2.02. The maximum atomic E-state index is 10.0. The molecule has 0 aliphatic heterocycles. The number of nitrogens with two attached hydrogens (primary N) is 1. The molecule has 0 saturated heterocycles. The van der Waals surface area contributed by atoms with Gasteiger partial charge in [-0.1, -0.05) is 6.08 Å². The molecule has 0 aromatic rings. The first kappa shape index (κ1) is 15.6. The lowest BCUT2D eigenvalue weighted by Crippen LogP contribution is -2.28. The Hall–Kier alpha value is -0.910. The molecule has 0 fully saturated rings. The second-order valence-electron chi connectivity index (χ2n) is 3.07. The molecule has 1 atom stereocenters. The van der Waals surface area contributed by atoms with Gasteiger partial charge in [-0.25, -0.2) is 0 Å². The van der Waals surface area contributed by atoms with Gasteiger partial charge in [0.15, 0.2) is 0 Å². The SMILES string of the molecule is C=CCN.C[C@@](O)(CCO)CC(=O)O. The number of aliphatic hydroxyl groups excluding tert-OH is 1. The Balaban J connectivity index is 0. The zero-order valence-electron chi connectivity index (χ0n) is 8.44. The Morgan fingerprint density at radius 1 is 1.64 bits per heavy atom. The van der Waals surface area contributed by atoms with Crippen LogP contribution in [0.4, 0.5) is 0 Å². The van der Waals surface area contributed by atoms with Crippen LogP contribution in [0.25, 0.3) is 0 Å². The molecule has 0 aliphatic rings. The van der Waals surface area contributed by atoms with Crippen molar-refractivity contribution in [1.29, 1.82) is 0 Å². The summed E-state index contributed by atoms with van der Waals surface area (Å²) in [6.45, 7) is 5.13. The second kappa shape index (κ2) is 8.68. The molecule has 0 spiro atoms. The first-order chi connectivity index (χ1) is 6.39. The summed E-state index contributed by atoms with van der Waals surface area (Å²) < 4.78 is 0. The lowest BCUT2D eigenvalue weighted by Gasteiger charge is -2.18. The Labute approximate surface area is 83.9 Å². The van der Waals surface area contributed by atoms with Gasteiger partial charge in [0.25, 0.3) is 0 Å². The average molecular weight is 205 g/mol. The number of carbonyl (C=O) groups is 1. The zero-order chi connectivity index (χ0) is 11.6. The predicted molar refractivity (Wildman–Crippen MR) is 53.8 cm³/mol. The van der Waals surface area contributed by atoms with Crippen molar-refractivity contribution in [3.63, 3.8) is 0 Å². The summed E-state index contributed by atoms with van der Waals surface area (Å²) in [6.07, 6.45) is 1.42. The van der Waals surface area contributed by atoms with E-state index in [1.165, 1.54) is 6.92 Å². The number of carboxylic acid groups (broad SMARTS) is 1. The number of hydrogen-bond acceptors (Lipinski definition) is 4. The van der Waals surface area contributed by atoms with E-state index >= 15 is 0 Å². The molecule has 0 unspecified atom stereocenters. The predicted octanol–water partition coefficient (Wildman–Crippen LogP) is -0.274. The maximum absolute atomic E-state index is 10.0. The van der Waals surface area contributed by atoms with Crippen molar-refractivity contribution in [2.75, 3.05) is 13.2 Å². The Kier molecular flexibility index (Phi) is 9.64. The number of carboxylic acids is 1. The first-order valence-electron chi connectivity index (χ1n) is 4.25. The summed E-state index contributed by atoms with van der Waals surface area (Å²) in [5, 5.41) is 25.7. The van der Waals surface area contributed by atoms with Gasteiger partial charge in [0.1, 0.15) is 0 Å². The van der Waals surface area contributed by atoms with Crippen molar-refractivity contribution in [2.24, 2.45) is 5.73 Å². The highest BCUT2D eigenvalue weighted by Crippen LogP contribution is 2.12. The van der Waals surface area contributed by atoms with Gasteiger partial charge in [-0.2, -0.15) is 0 Å². The van der Waals surface area contributed by atoms with Crippen LogP contribution < -0.4 is 5.73 Å². The maximum Gasteiger partial charge on any atom is 0.306 e. The molecular weight excluding hydrogens is 186 g/mol. The number of rotatable bonds is 5. The summed E-state index contributed by atoms with van der Waals surface area (Å²) in [5.41, 5.74) is 3.63. The van der Waals surface area contributed by atoms with E-state index in [9.17, 15) is 4.79 Å². The van der Waals surface area contributed by atoms with Crippen molar-refractivity contribution in [3.8, 4) is 0 Å². The largest absolute Gasteiger partial charge is 0.481 e. The fourth-order valence-corrected chi connectivity index (χ4v) is 0.655. The summed E-state index contributed by atoms with van der Waals surface area (Å²) in [7, 11) is 0. The molecule has 0 aliphatic carbocycles. The second-order valence-corrected chi connectivity index (χ2v) is 3.07. The molecule has 0 heterocycles. The third-order valence-electron chi connectivity index (χ3n) is 1.35. The van der Waals surface area contributed by atoms with Crippen molar-refractivity contribution >= 4 is 5.97 Å². The summed E-state index contributed by atoms with van der Waals surface area (Å²) >= 11 is 0. The van der Waals surface area contributed by atoms with Crippen LogP contribution in [0.15, 0.2) is 12.7 Å². The van der Waals surface area contributed by atoms with Crippen LogP contribution in [-0.4, -0.2) is 40.0 Å². The minimum Gasteiger partial charge on any atom is -0.481 e. The highest BCUT2D eigenvalue weighted by Gasteiger charge is 2.22. The normalized spacial score (nSPS) is 13.4. The lowest BCUT2D eigenvalue weighted by atomic mass is 9.99. The van der Waals surface area contributed by atoms with Gasteiger partial charge in [0.2, 0.25) is 0 Å². The quantitative estimate of drug-likeness (QED) is 0.462. The van der Waals surface area contributed by atoms with E-state index in [0.717, 1.165) is 0 Å². The standard InChI is InChI=1S/C6H12O4.C3H7N/c1-6(10,2-3-7)4-5(8)9;1-2-3-4/h7,10H,2-4H2,1H3,(H,8,9);2H,1,3-4H2/t6-;/m1./s1. The van der Waals surface area contributed by atoms with Crippen LogP contribution in [-0.2, 0) is 4.79 Å². The van der Waals surface area contributed by atoms with Gasteiger partial charge in [-0.3, -0.25) is 4.79 Å². The lowest BCUT2D eigenvalue weighted by molar-refractivity contribution is -0.142. The van der Waals surface area contributed by atoms with E-state index < -0.39 is 11.6 Å². The molecule has 0 saturated carbocycles. The highest BCUT2D eigenvalue weighted by atomic mass is 16.4. The van der Waals surface area contributed by atoms with Gasteiger partial charge in [0, 0.05) is 13.2 Å². The molecule has 84 valence electrons. The summed E-state index contributed by atoms with van der Waals surface area (Å²) in [4.78, 5) is 10.0. The van der Waals surface area contributed by atoms with Crippen LogP contribution in [0.5, 0.6) is 0 Å². The number of hydrogen-bond donors (Lipinski definition) is 4. The molecule has 5 heteroatoms. The van der Waals surface area contributed by atoms with Crippen molar-refractivity contribution in [3.05, 3.63) is 12.7 Å². The Morgan fingerprint density at radius 3 is 2.29 bits per heavy atom. The summed E-state index contributed by atoms with van der Waals surface area (Å²) in [6, 6.07) is 0. The number of aliphatic carboxylic acids is 1. The third-order valence-corrected chi connectivity index (χ3v) is 1.35. The summed E-state index contributed by atoms with van der Waals surface area (Å²) in [5.74, 6) is -1.06. The van der Waals surface area contributed by atoms with E-state index in [0.29, 0.717) is 6.54 Å². The molecule has 5 N–H and O–H groups in total. The van der Waals surface area contributed by atoms with Crippen molar-refractivity contribution < 1.29 is 20.1 Å². The van der Waals surface area contributed by atoms with Crippen LogP contribution in [0, 0.1) is 0 Å². The zero-order valence-corrected chi connectivity index (χ0v) is 8.44. The van der Waals surface area contributed by atoms with E-state index in [1.807, 2.05) is 0 Å².